The summed E-state index contributed by atoms with van der Waals surface area (Å²) in [6.07, 6.45) is 5.11. The van der Waals surface area contributed by atoms with Crippen molar-refractivity contribution in [3.63, 3.8) is 0 Å². The number of halogens is 1. The van der Waals surface area contributed by atoms with E-state index in [0.29, 0.717) is 5.02 Å². The molecule has 1 aromatic carbocycles. The minimum Gasteiger partial charge on any atom is -0.342 e. The van der Waals surface area contributed by atoms with Gasteiger partial charge in [0.1, 0.15) is 5.92 Å². The zero-order chi connectivity index (χ0) is 15.4. The molecule has 1 fully saturated rings. The van der Waals surface area contributed by atoms with Gasteiger partial charge in [-0.25, -0.2) is 0 Å². The van der Waals surface area contributed by atoms with Gasteiger partial charge in [-0.1, -0.05) is 29.8 Å². The van der Waals surface area contributed by atoms with Crippen LogP contribution in [0.15, 0.2) is 48.7 Å². The molecule has 0 saturated carbocycles. The van der Waals surface area contributed by atoms with Crippen molar-refractivity contribution in [1.29, 1.82) is 0 Å². The molecule has 1 aromatic heterocycles. The highest BCUT2D eigenvalue weighted by Gasteiger charge is 2.29. The van der Waals surface area contributed by atoms with E-state index in [0.717, 1.165) is 37.2 Å². The Labute approximate surface area is 135 Å². The summed E-state index contributed by atoms with van der Waals surface area (Å²) in [5, 5.41) is 0.675. The molecule has 1 amide bonds. The monoisotopic (exact) mass is 314 g/mol. The summed E-state index contributed by atoms with van der Waals surface area (Å²) in [5.41, 5.74) is 1.74. The van der Waals surface area contributed by atoms with Crippen molar-refractivity contribution < 1.29 is 4.79 Å². The van der Waals surface area contributed by atoms with E-state index in [2.05, 4.69) is 4.98 Å². The number of carbonyl (C=O) groups is 1. The average molecular weight is 315 g/mol. The van der Waals surface area contributed by atoms with Gasteiger partial charge in [0.2, 0.25) is 5.91 Å². The third-order valence-electron chi connectivity index (χ3n) is 4.10. The molecule has 22 heavy (non-hydrogen) atoms. The summed E-state index contributed by atoms with van der Waals surface area (Å²) in [5.74, 6) is -0.211. The van der Waals surface area contributed by atoms with Gasteiger partial charge in [0, 0.05) is 24.3 Å². The highest BCUT2D eigenvalue weighted by atomic mass is 35.5. The highest BCUT2D eigenvalue weighted by Crippen LogP contribution is 2.27. The Kier molecular flexibility index (Phi) is 4.74. The van der Waals surface area contributed by atoms with Gasteiger partial charge in [-0.2, -0.15) is 0 Å². The molecular formula is C18H19ClN2O. The lowest BCUT2D eigenvalue weighted by atomic mass is 9.93. The molecule has 3 rings (SSSR count). The Balaban J connectivity index is 1.95. The van der Waals surface area contributed by atoms with Crippen LogP contribution in [0.3, 0.4) is 0 Å². The number of rotatable bonds is 3. The number of likely N-dealkylation sites (tertiary alicyclic amines) is 1. The van der Waals surface area contributed by atoms with Crippen molar-refractivity contribution in [3.05, 3.63) is 64.9 Å². The highest BCUT2D eigenvalue weighted by molar-refractivity contribution is 6.30. The summed E-state index contributed by atoms with van der Waals surface area (Å²) < 4.78 is 0. The van der Waals surface area contributed by atoms with Gasteiger partial charge >= 0.3 is 0 Å². The second-order valence-electron chi connectivity index (χ2n) is 5.63. The number of carbonyl (C=O) groups excluding carboxylic acids is 1. The summed E-state index contributed by atoms with van der Waals surface area (Å²) in [6.45, 7) is 1.69. The molecule has 1 aliphatic rings. The Morgan fingerprint density at radius 3 is 2.41 bits per heavy atom. The first-order valence-electron chi connectivity index (χ1n) is 7.71. The van der Waals surface area contributed by atoms with Crippen molar-refractivity contribution in [3.8, 4) is 0 Å². The minimum absolute atomic E-state index is 0.140. The third kappa shape index (κ3) is 3.30. The predicted octanol–water partition coefficient (Wildman–Crippen LogP) is 3.88. The Bertz CT molecular complexity index is 621. The van der Waals surface area contributed by atoms with E-state index >= 15 is 0 Å². The third-order valence-corrected chi connectivity index (χ3v) is 4.35. The van der Waals surface area contributed by atoms with Crippen LogP contribution in [0.5, 0.6) is 0 Å². The van der Waals surface area contributed by atoms with Crippen LogP contribution in [-0.4, -0.2) is 28.9 Å². The lowest BCUT2D eigenvalue weighted by molar-refractivity contribution is -0.132. The number of benzene rings is 1. The van der Waals surface area contributed by atoms with Gasteiger partial charge in [0.25, 0.3) is 0 Å². The molecule has 0 N–H and O–H groups in total. The zero-order valence-electron chi connectivity index (χ0n) is 12.4. The van der Waals surface area contributed by atoms with Crippen molar-refractivity contribution in [2.75, 3.05) is 13.1 Å². The fourth-order valence-electron chi connectivity index (χ4n) is 2.94. The van der Waals surface area contributed by atoms with Crippen LogP contribution in [-0.2, 0) is 4.79 Å². The number of hydrogen-bond donors (Lipinski definition) is 0. The molecule has 0 bridgehead atoms. The normalized spacial score (nSPS) is 16.3. The van der Waals surface area contributed by atoms with E-state index in [1.165, 1.54) is 6.42 Å². The van der Waals surface area contributed by atoms with Crippen LogP contribution in [0.2, 0.25) is 5.02 Å². The van der Waals surface area contributed by atoms with Crippen LogP contribution in [0.1, 0.15) is 36.4 Å². The maximum atomic E-state index is 13.0. The largest absolute Gasteiger partial charge is 0.342 e. The molecule has 0 spiro atoms. The molecule has 1 unspecified atom stereocenters. The van der Waals surface area contributed by atoms with Crippen molar-refractivity contribution in [1.82, 2.24) is 9.88 Å². The van der Waals surface area contributed by atoms with E-state index in [1.54, 1.807) is 6.20 Å². The summed E-state index contributed by atoms with van der Waals surface area (Å²) in [6, 6.07) is 13.2. The fourth-order valence-corrected chi connectivity index (χ4v) is 3.06. The summed E-state index contributed by atoms with van der Waals surface area (Å²) in [4.78, 5) is 19.4. The van der Waals surface area contributed by atoms with E-state index in [1.807, 2.05) is 47.4 Å². The molecule has 1 aliphatic heterocycles. The molecule has 4 heteroatoms. The SMILES string of the molecule is O=C(C(c1ccc(Cl)cc1)c1ccccn1)N1CCCCC1. The molecule has 114 valence electrons. The van der Waals surface area contributed by atoms with Crippen molar-refractivity contribution in [2.45, 2.75) is 25.2 Å². The maximum Gasteiger partial charge on any atom is 0.236 e. The predicted molar refractivity (Wildman–Crippen MR) is 88.0 cm³/mol. The number of amides is 1. The minimum atomic E-state index is -0.350. The summed E-state index contributed by atoms with van der Waals surface area (Å²) >= 11 is 5.98. The topological polar surface area (TPSA) is 33.2 Å². The van der Waals surface area contributed by atoms with Gasteiger partial charge < -0.3 is 4.90 Å². The van der Waals surface area contributed by atoms with E-state index in [-0.39, 0.29) is 11.8 Å². The number of nitrogens with zero attached hydrogens (tertiary/aromatic N) is 2. The lowest BCUT2D eigenvalue weighted by Gasteiger charge is -2.30. The van der Waals surface area contributed by atoms with Crippen molar-refractivity contribution >= 4 is 17.5 Å². The zero-order valence-corrected chi connectivity index (χ0v) is 13.2. The van der Waals surface area contributed by atoms with Crippen molar-refractivity contribution in [2.24, 2.45) is 0 Å². The molecule has 0 radical (unpaired) electrons. The van der Waals surface area contributed by atoms with Gasteiger partial charge in [0.15, 0.2) is 0 Å². The van der Waals surface area contributed by atoms with E-state index < -0.39 is 0 Å². The first kappa shape index (κ1) is 15.0. The molecular weight excluding hydrogens is 296 g/mol. The molecule has 2 heterocycles. The molecule has 2 aromatic rings. The maximum absolute atomic E-state index is 13.0. The first-order chi connectivity index (χ1) is 10.8. The lowest BCUT2D eigenvalue weighted by Crippen LogP contribution is -2.39. The molecule has 1 saturated heterocycles. The Morgan fingerprint density at radius 2 is 1.77 bits per heavy atom. The van der Waals surface area contributed by atoms with Crippen LogP contribution in [0.25, 0.3) is 0 Å². The second kappa shape index (κ2) is 6.93. The summed E-state index contributed by atoms with van der Waals surface area (Å²) in [7, 11) is 0. The van der Waals surface area contributed by atoms with Gasteiger partial charge in [-0.15, -0.1) is 0 Å². The fraction of sp³-hybridized carbons (Fsp3) is 0.333. The Morgan fingerprint density at radius 1 is 1.05 bits per heavy atom. The van der Waals surface area contributed by atoms with E-state index in [9.17, 15) is 4.79 Å². The quantitative estimate of drug-likeness (QED) is 0.861. The number of piperidine rings is 1. The molecule has 3 nitrogen and oxygen atoms in total. The number of pyridine rings is 1. The molecule has 0 aliphatic carbocycles. The number of hydrogen-bond acceptors (Lipinski definition) is 2. The Hall–Kier alpha value is -1.87. The van der Waals surface area contributed by atoms with Crippen LogP contribution in [0, 0.1) is 0 Å². The van der Waals surface area contributed by atoms with Crippen LogP contribution >= 0.6 is 11.6 Å². The van der Waals surface area contributed by atoms with Gasteiger partial charge in [0.05, 0.1) is 5.69 Å². The van der Waals surface area contributed by atoms with Crippen LogP contribution < -0.4 is 0 Å². The first-order valence-corrected chi connectivity index (χ1v) is 8.09. The average Bonchev–Trinajstić information content (AvgIpc) is 2.58. The smallest absolute Gasteiger partial charge is 0.236 e. The number of aromatic nitrogens is 1. The van der Waals surface area contributed by atoms with Gasteiger partial charge in [-0.05, 0) is 49.1 Å². The van der Waals surface area contributed by atoms with Crippen LogP contribution in [0.4, 0.5) is 0 Å². The van der Waals surface area contributed by atoms with Gasteiger partial charge in [-0.3, -0.25) is 9.78 Å². The van der Waals surface area contributed by atoms with E-state index in [4.69, 9.17) is 11.6 Å². The standard InChI is InChI=1S/C18H19ClN2O/c19-15-9-7-14(8-10-15)17(16-6-2-3-11-20-16)18(22)21-12-4-1-5-13-21/h2-3,6-11,17H,1,4-5,12-13H2. The second-order valence-corrected chi connectivity index (χ2v) is 6.06. The molecule has 1 atom stereocenters.